The summed E-state index contributed by atoms with van der Waals surface area (Å²) in [5.74, 6) is 0.324. The number of carbonyl (C=O) groups is 1. The minimum atomic E-state index is 0.324. The molecule has 0 spiro atoms. The number of carbonyl (C=O) groups excluding carboxylic acids is 1. The third-order valence-corrected chi connectivity index (χ3v) is 1.36. The maximum atomic E-state index is 9.75. The van der Waals surface area contributed by atoms with Gasteiger partial charge in [0.15, 0.2) is 0 Å². The van der Waals surface area contributed by atoms with E-state index in [9.17, 15) is 4.79 Å². The van der Waals surface area contributed by atoms with Crippen molar-refractivity contribution in [3.8, 4) is 0 Å². The van der Waals surface area contributed by atoms with Gasteiger partial charge in [0, 0.05) is 19.0 Å². The smallest absolute Gasteiger partial charge is 0.125 e. The molecule has 10 heavy (non-hydrogen) atoms. The van der Waals surface area contributed by atoms with Crippen molar-refractivity contribution >= 4 is 6.29 Å². The lowest BCUT2D eigenvalue weighted by atomic mass is 10.1. The summed E-state index contributed by atoms with van der Waals surface area (Å²) < 4.78 is 0. The van der Waals surface area contributed by atoms with Crippen LogP contribution < -0.4 is 10.6 Å². The predicted octanol–water partition coefficient (Wildman–Crippen LogP) is -0.370. The van der Waals surface area contributed by atoms with Gasteiger partial charge in [-0.15, -0.1) is 0 Å². The zero-order valence-electron chi connectivity index (χ0n) is 6.68. The molecule has 0 aromatic carbocycles. The molecule has 3 heteroatoms. The van der Waals surface area contributed by atoms with Crippen LogP contribution in [0.25, 0.3) is 0 Å². The summed E-state index contributed by atoms with van der Waals surface area (Å²) in [5.41, 5.74) is 0. The minimum absolute atomic E-state index is 0.324. The molecule has 1 aliphatic heterocycles. The first kappa shape index (κ1) is 9.59. The molecule has 0 aromatic heterocycles. The average Bonchev–Trinajstić information content (AvgIpc) is 1.87. The fourth-order valence-corrected chi connectivity index (χ4v) is 0.407. The highest BCUT2D eigenvalue weighted by molar-refractivity contribution is 5.55. The second kappa shape index (κ2) is 6.71. The van der Waals surface area contributed by atoms with Gasteiger partial charge in [0.2, 0.25) is 0 Å². The number of aldehydes is 1. The number of hydrogen-bond donors (Lipinski definition) is 2. The second-order valence-electron chi connectivity index (χ2n) is 2.26. The molecule has 0 aromatic rings. The van der Waals surface area contributed by atoms with Gasteiger partial charge in [0.1, 0.15) is 6.29 Å². The first-order valence-corrected chi connectivity index (χ1v) is 3.65. The van der Waals surface area contributed by atoms with Crippen LogP contribution in [0.15, 0.2) is 0 Å². The Kier molecular flexibility index (Phi) is 6.43. The van der Waals surface area contributed by atoms with E-state index in [2.05, 4.69) is 17.6 Å². The highest BCUT2D eigenvalue weighted by Gasteiger charge is 2.13. The van der Waals surface area contributed by atoms with E-state index < -0.39 is 0 Å². The maximum absolute atomic E-state index is 9.75. The summed E-state index contributed by atoms with van der Waals surface area (Å²) in [6.45, 7) is 4.92. The Hall–Kier alpha value is -0.410. The molecule has 0 saturated carbocycles. The van der Waals surface area contributed by atoms with Crippen molar-refractivity contribution < 1.29 is 4.79 Å². The van der Waals surface area contributed by atoms with Gasteiger partial charge in [0.05, 0.1) is 0 Å². The van der Waals surface area contributed by atoms with Gasteiger partial charge in [-0.25, -0.2) is 0 Å². The maximum Gasteiger partial charge on any atom is 0.125 e. The van der Waals surface area contributed by atoms with Crippen LogP contribution in [0.1, 0.15) is 6.92 Å². The van der Waals surface area contributed by atoms with Gasteiger partial charge in [-0.2, -0.15) is 0 Å². The van der Waals surface area contributed by atoms with Crippen molar-refractivity contribution in [2.45, 2.75) is 6.92 Å². The molecule has 0 bridgehead atoms. The molecule has 3 nitrogen and oxygen atoms in total. The topological polar surface area (TPSA) is 41.1 Å². The van der Waals surface area contributed by atoms with Crippen LogP contribution in [-0.2, 0) is 4.79 Å². The lowest BCUT2D eigenvalue weighted by Crippen LogP contribution is -2.42. The normalized spacial score (nSPS) is 16.6. The largest absolute Gasteiger partial charge is 0.320 e. The van der Waals surface area contributed by atoms with E-state index in [1.54, 1.807) is 0 Å². The van der Waals surface area contributed by atoms with Gasteiger partial charge < -0.3 is 15.4 Å². The second-order valence-corrected chi connectivity index (χ2v) is 2.26. The van der Waals surface area contributed by atoms with E-state index >= 15 is 0 Å². The molecule has 0 aliphatic carbocycles. The summed E-state index contributed by atoms with van der Waals surface area (Å²) in [6, 6.07) is 0. The van der Waals surface area contributed by atoms with Crippen LogP contribution in [0.5, 0.6) is 0 Å². The standard InChI is InChI=1S/C4H7NO.C3H9N/c6-3-4-1-5-2-4;1-3-4-2/h3-5H,1-2H2;4H,3H2,1-2H3. The molecule has 0 amide bonds. The molecule has 1 saturated heterocycles. The highest BCUT2D eigenvalue weighted by Crippen LogP contribution is 1.94. The quantitative estimate of drug-likeness (QED) is 0.520. The molecule has 60 valence electrons. The Balaban J connectivity index is 0.000000180. The van der Waals surface area contributed by atoms with Crippen molar-refractivity contribution in [2.24, 2.45) is 5.92 Å². The Morgan fingerprint density at radius 2 is 2.20 bits per heavy atom. The van der Waals surface area contributed by atoms with Gasteiger partial charge in [-0.05, 0) is 13.6 Å². The summed E-state index contributed by atoms with van der Waals surface area (Å²) in [5, 5.41) is 5.91. The Morgan fingerprint density at radius 1 is 1.70 bits per heavy atom. The highest BCUT2D eigenvalue weighted by atomic mass is 16.1. The average molecular weight is 144 g/mol. The van der Waals surface area contributed by atoms with Crippen molar-refractivity contribution in [1.82, 2.24) is 10.6 Å². The fourth-order valence-electron chi connectivity index (χ4n) is 0.407. The zero-order chi connectivity index (χ0) is 7.82. The molecular formula is C7H16N2O. The molecule has 1 heterocycles. The Bertz CT molecular complexity index is 79.7. The van der Waals surface area contributed by atoms with E-state index in [-0.39, 0.29) is 0 Å². The lowest BCUT2D eigenvalue weighted by Gasteiger charge is -2.20. The number of nitrogens with one attached hydrogen (secondary N) is 2. The molecule has 1 rings (SSSR count). The Morgan fingerprint density at radius 3 is 2.20 bits per heavy atom. The van der Waals surface area contributed by atoms with Crippen LogP contribution in [0.4, 0.5) is 0 Å². The monoisotopic (exact) mass is 144 g/mol. The number of hydrogen-bond acceptors (Lipinski definition) is 3. The van der Waals surface area contributed by atoms with Crippen molar-refractivity contribution in [1.29, 1.82) is 0 Å². The van der Waals surface area contributed by atoms with Crippen LogP contribution in [-0.4, -0.2) is 33.0 Å². The van der Waals surface area contributed by atoms with Crippen LogP contribution in [0, 0.1) is 5.92 Å². The summed E-state index contributed by atoms with van der Waals surface area (Å²) in [7, 11) is 1.93. The van der Waals surface area contributed by atoms with Crippen molar-refractivity contribution in [3.05, 3.63) is 0 Å². The molecule has 1 fully saturated rings. The molecular weight excluding hydrogens is 128 g/mol. The molecule has 2 N–H and O–H groups in total. The first-order chi connectivity index (χ1) is 4.85. The van der Waals surface area contributed by atoms with E-state index in [0.717, 1.165) is 25.9 Å². The summed E-state index contributed by atoms with van der Waals surface area (Å²) in [6.07, 6.45) is 0.997. The molecule has 0 unspecified atom stereocenters. The van der Waals surface area contributed by atoms with Gasteiger partial charge in [0.25, 0.3) is 0 Å². The SMILES string of the molecule is CCNC.O=CC1CNC1. The van der Waals surface area contributed by atoms with Crippen molar-refractivity contribution in [2.75, 3.05) is 26.7 Å². The van der Waals surface area contributed by atoms with Gasteiger partial charge in [-0.3, -0.25) is 0 Å². The van der Waals surface area contributed by atoms with Crippen LogP contribution in [0.3, 0.4) is 0 Å². The molecule has 1 aliphatic rings. The molecule has 0 radical (unpaired) electrons. The van der Waals surface area contributed by atoms with Crippen molar-refractivity contribution in [3.63, 3.8) is 0 Å². The summed E-state index contributed by atoms with van der Waals surface area (Å²) in [4.78, 5) is 9.75. The fraction of sp³-hybridized carbons (Fsp3) is 0.857. The van der Waals surface area contributed by atoms with E-state index in [1.807, 2.05) is 7.05 Å². The lowest BCUT2D eigenvalue weighted by molar-refractivity contribution is -0.112. The van der Waals surface area contributed by atoms with Crippen LogP contribution >= 0.6 is 0 Å². The van der Waals surface area contributed by atoms with Crippen LogP contribution in [0.2, 0.25) is 0 Å². The van der Waals surface area contributed by atoms with E-state index in [4.69, 9.17) is 0 Å². The molecule has 0 atom stereocenters. The summed E-state index contributed by atoms with van der Waals surface area (Å²) >= 11 is 0. The van der Waals surface area contributed by atoms with E-state index in [1.165, 1.54) is 0 Å². The van der Waals surface area contributed by atoms with E-state index in [0.29, 0.717) is 5.92 Å². The minimum Gasteiger partial charge on any atom is -0.320 e. The first-order valence-electron chi connectivity index (χ1n) is 3.65. The number of rotatable bonds is 2. The predicted molar refractivity (Wildman–Crippen MR) is 42.0 cm³/mol. The zero-order valence-corrected chi connectivity index (χ0v) is 6.68. The Labute approximate surface area is 62.2 Å². The third kappa shape index (κ3) is 4.47. The van der Waals surface area contributed by atoms with Gasteiger partial charge in [-0.1, -0.05) is 6.92 Å². The third-order valence-electron chi connectivity index (χ3n) is 1.36. The van der Waals surface area contributed by atoms with Gasteiger partial charge >= 0.3 is 0 Å².